The van der Waals surface area contributed by atoms with Crippen LogP contribution in [0.1, 0.15) is 25.8 Å². The molecule has 124 valence electrons. The van der Waals surface area contributed by atoms with Gasteiger partial charge in [-0.05, 0) is 38.1 Å². The number of ether oxygens (including phenoxy) is 1. The molecule has 1 aliphatic rings. The lowest BCUT2D eigenvalue weighted by Gasteiger charge is -2.16. The fraction of sp³-hybridized carbons (Fsp3) is 0.263. The van der Waals surface area contributed by atoms with Crippen molar-refractivity contribution in [2.75, 3.05) is 0 Å². The number of carbonyl (C=O) groups excluding carboxylic acids is 1. The van der Waals surface area contributed by atoms with E-state index in [-0.39, 0.29) is 18.0 Å². The van der Waals surface area contributed by atoms with Gasteiger partial charge in [-0.25, -0.2) is 0 Å². The molecule has 1 heterocycles. The first-order valence-corrected chi connectivity index (χ1v) is 8.04. The molecule has 0 saturated heterocycles. The second-order valence-electron chi connectivity index (χ2n) is 5.89. The average Bonchev–Trinajstić information content (AvgIpc) is 3.04. The summed E-state index contributed by atoms with van der Waals surface area (Å²) >= 11 is 0. The van der Waals surface area contributed by atoms with Gasteiger partial charge in [-0.1, -0.05) is 30.3 Å². The maximum atomic E-state index is 11.4. The van der Waals surface area contributed by atoms with E-state index in [0.717, 1.165) is 22.8 Å². The molecule has 0 radical (unpaired) electrons. The van der Waals surface area contributed by atoms with Crippen molar-refractivity contribution in [1.29, 1.82) is 0 Å². The first kappa shape index (κ1) is 16.2. The molecule has 2 atom stereocenters. The van der Waals surface area contributed by atoms with E-state index in [1.165, 1.54) is 0 Å². The monoisotopic (exact) mass is 323 g/mol. The molecule has 1 aliphatic heterocycles. The molecule has 2 N–H and O–H groups in total. The van der Waals surface area contributed by atoms with Crippen LogP contribution in [0.3, 0.4) is 0 Å². The van der Waals surface area contributed by atoms with E-state index in [9.17, 15) is 4.79 Å². The summed E-state index contributed by atoms with van der Waals surface area (Å²) in [6, 6.07) is 17.4. The molecule has 5 heteroatoms. The number of rotatable bonds is 6. The van der Waals surface area contributed by atoms with E-state index in [0.29, 0.717) is 6.42 Å². The summed E-state index contributed by atoms with van der Waals surface area (Å²) in [7, 11) is 0. The Bertz CT molecular complexity index is 743. The molecule has 0 fully saturated rings. The molecule has 24 heavy (non-hydrogen) atoms. The summed E-state index contributed by atoms with van der Waals surface area (Å²) in [5.41, 5.74) is 5.00. The van der Waals surface area contributed by atoms with Crippen LogP contribution >= 0.6 is 0 Å². The standard InChI is InChI=1S/C19H21N3O2/c1-13(14(2)23)20-19-12-18(21-22-19)15-7-6-10-17(11-15)24-16-8-4-3-5-9-16/h3-11,13,19-20,22H,12H2,1-2H3/t13-,19+/m0/s1. The topological polar surface area (TPSA) is 62.7 Å². The molecular formula is C19H21N3O2. The van der Waals surface area contributed by atoms with Crippen molar-refractivity contribution in [1.82, 2.24) is 10.7 Å². The average molecular weight is 323 g/mol. The summed E-state index contributed by atoms with van der Waals surface area (Å²) in [5.74, 6) is 1.69. The Morgan fingerprint density at radius 2 is 1.96 bits per heavy atom. The predicted octanol–water partition coefficient (Wildman–Crippen LogP) is 3.07. The number of para-hydroxylation sites is 1. The number of ketones is 1. The summed E-state index contributed by atoms with van der Waals surface area (Å²) in [5, 5.41) is 7.61. The predicted molar refractivity (Wildman–Crippen MR) is 94.3 cm³/mol. The normalized spacial score (nSPS) is 17.8. The number of nitrogens with zero attached hydrogens (tertiary/aromatic N) is 1. The SMILES string of the molecule is CC(=O)[C@H](C)N[C@H]1CC(c2cccc(Oc3ccccc3)c2)=NN1. The number of nitrogens with one attached hydrogen (secondary N) is 2. The molecular weight excluding hydrogens is 302 g/mol. The molecule has 5 nitrogen and oxygen atoms in total. The first-order chi connectivity index (χ1) is 11.6. The zero-order chi connectivity index (χ0) is 16.9. The van der Waals surface area contributed by atoms with Crippen LogP contribution in [0.2, 0.25) is 0 Å². The second kappa shape index (κ2) is 7.27. The van der Waals surface area contributed by atoms with Gasteiger partial charge in [0.25, 0.3) is 0 Å². The lowest BCUT2D eigenvalue weighted by molar-refractivity contribution is -0.118. The van der Waals surface area contributed by atoms with Gasteiger partial charge in [0.1, 0.15) is 17.3 Å². The van der Waals surface area contributed by atoms with Crippen LogP contribution in [0, 0.1) is 0 Å². The quantitative estimate of drug-likeness (QED) is 0.857. The van der Waals surface area contributed by atoms with Crippen molar-refractivity contribution in [3.05, 3.63) is 60.2 Å². The van der Waals surface area contributed by atoms with Gasteiger partial charge in [0.2, 0.25) is 0 Å². The van der Waals surface area contributed by atoms with Crippen LogP contribution in [0.5, 0.6) is 11.5 Å². The van der Waals surface area contributed by atoms with Crippen LogP contribution in [0.15, 0.2) is 59.7 Å². The van der Waals surface area contributed by atoms with Crippen molar-refractivity contribution in [2.24, 2.45) is 5.10 Å². The van der Waals surface area contributed by atoms with Crippen molar-refractivity contribution in [3.8, 4) is 11.5 Å². The van der Waals surface area contributed by atoms with E-state index in [1.807, 2.05) is 61.5 Å². The molecule has 0 aromatic heterocycles. The van der Waals surface area contributed by atoms with Crippen molar-refractivity contribution in [2.45, 2.75) is 32.5 Å². The third-order valence-corrected chi connectivity index (χ3v) is 3.96. The maximum Gasteiger partial charge on any atom is 0.146 e. The highest BCUT2D eigenvalue weighted by Crippen LogP contribution is 2.23. The molecule has 0 unspecified atom stereocenters. The maximum absolute atomic E-state index is 11.4. The second-order valence-corrected chi connectivity index (χ2v) is 5.89. The molecule has 0 amide bonds. The zero-order valence-electron chi connectivity index (χ0n) is 13.8. The Kier molecular flexibility index (Phi) is 4.91. The van der Waals surface area contributed by atoms with E-state index in [4.69, 9.17) is 4.74 Å². The van der Waals surface area contributed by atoms with E-state index in [2.05, 4.69) is 15.8 Å². The Balaban J connectivity index is 1.66. The number of benzene rings is 2. The van der Waals surface area contributed by atoms with Crippen molar-refractivity contribution in [3.63, 3.8) is 0 Å². The lowest BCUT2D eigenvalue weighted by Crippen LogP contribution is -2.45. The highest BCUT2D eigenvalue weighted by Gasteiger charge is 2.22. The number of hydrogen-bond donors (Lipinski definition) is 2. The Hall–Kier alpha value is -2.66. The third kappa shape index (κ3) is 4.00. The summed E-state index contributed by atoms with van der Waals surface area (Å²) in [6.45, 7) is 3.44. The smallest absolute Gasteiger partial charge is 0.146 e. The van der Waals surface area contributed by atoms with E-state index < -0.39 is 0 Å². The minimum Gasteiger partial charge on any atom is -0.457 e. The summed E-state index contributed by atoms with van der Waals surface area (Å²) < 4.78 is 5.87. The fourth-order valence-electron chi connectivity index (χ4n) is 2.50. The lowest BCUT2D eigenvalue weighted by atomic mass is 10.1. The molecule has 2 aromatic rings. The Labute approximate surface area is 141 Å². The molecule has 2 aromatic carbocycles. The van der Waals surface area contributed by atoms with Crippen molar-refractivity contribution >= 4 is 11.5 Å². The van der Waals surface area contributed by atoms with Crippen LogP contribution in [0.25, 0.3) is 0 Å². The van der Waals surface area contributed by atoms with Gasteiger partial charge >= 0.3 is 0 Å². The number of hydrazone groups is 1. The summed E-state index contributed by atoms with van der Waals surface area (Å²) in [4.78, 5) is 11.4. The number of Topliss-reactive ketones (excluding diaryl/α,β-unsaturated/α-hetero) is 1. The van der Waals surface area contributed by atoms with Gasteiger partial charge in [-0.15, -0.1) is 0 Å². The molecule has 0 saturated carbocycles. The third-order valence-electron chi connectivity index (χ3n) is 3.96. The van der Waals surface area contributed by atoms with Crippen LogP contribution < -0.4 is 15.5 Å². The van der Waals surface area contributed by atoms with Gasteiger partial charge in [0.15, 0.2) is 0 Å². The fourth-order valence-corrected chi connectivity index (χ4v) is 2.50. The minimum atomic E-state index is -0.190. The van der Waals surface area contributed by atoms with Crippen LogP contribution in [-0.4, -0.2) is 23.7 Å². The van der Waals surface area contributed by atoms with Gasteiger partial charge in [-0.3, -0.25) is 15.5 Å². The van der Waals surface area contributed by atoms with Gasteiger partial charge in [-0.2, -0.15) is 5.10 Å². The van der Waals surface area contributed by atoms with Crippen LogP contribution in [0.4, 0.5) is 0 Å². The molecule has 0 aliphatic carbocycles. The van der Waals surface area contributed by atoms with Gasteiger partial charge in [0, 0.05) is 12.0 Å². The zero-order valence-corrected chi connectivity index (χ0v) is 13.8. The highest BCUT2D eigenvalue weighted by atomic mass is 16.5. The number of carbonyl (C=O) groups is 1. The largest absolute Gasteiger partial charge is 0.457 e. The summed E-state index contributed by atoms with van der Waals surface area (Å²) in [6.07, 6.45) is 0.685. The van der Waals surface area contributed by atoms with Gasteiger partial charge < -0.3 is 4.74 Å². The van der Waals surface area contributed by atoms with Gasteiger partial charge in [0.05, 0.1) is 17.9 Å². The van der Waals surface area contributed by atoms with Crippen molar-refractivity contribution < 1.29 is 9.53 Å². The van der Waals surface area contributed by atoms with E-state index in [1.54, 1.807) is 6.92 Å². The van der Waals surface area contributed by atoms with Crippen LogP contribution in [-0.2, 0) is 4.79 Å². The molecule has 3 rings (SSSR count). The highest BCUT2D eigenvalue weighted by molar-refractivity contribution is 6.02. The molecule has 0 bridgehead atoms. The first-order valence-electron chi connectivity index (χ1n) is 8.04. The molecule has 0 spiro atoms. The Morgan fingerprint density at radius 3 is 2.71 bits per heavy atom. The number of hydrogen-bond acceptors (Lipinski definition) is 5. The minimum absolute atomic E-state index is 0.0300. The van der Waals surface area contributed by atoms with E-state index >= 15 is 0 Å². The Morgan fingerprint density at radius 1 is 1.21 bits per heavy atom.